The van der Waals surface area contributed by atoms with E-state index in [9.17, 15) is 0 Å². The zero-order chi connectivity index (χ0) is 51.4. The fourth-order valence-corrected chi connectivity index (χ4v) is 13.0. The van der Waals surface area contributed by atoms with Crippen molar-refractivity contribution in [1.29, 1.82) is 0 Å². The van der Waals surface area contributed by atoms with Gasteiger partial charge < -0.3 is 0 Å². The maximum atomic E-state index is 2.54. The number of hydrogen-bond acceptors (Lipinski definition) is 0. The van der Waals surface area contributed by atoms with E-state index in [2.05, 4.69) is 265 Å². The van der Waals surface area contributed by atoms with Crippen LogP contribution in [0.15, 0.2) is 182 Å². The van der Waals surface area contributed by atoms with Crippen LogP contribution in [0.1, 0.15) is 128 Å². The van der Waals surface area contributed by atoms with Crippen molar-refractivity contribution in [2.75, 3.05) is 0 Å². The van der Waals surface area contributed by atoms with Crippen molar-refractivity contribution in [3.05, 3.63) is 227 Å². The molecular weight excluding hydrogens is 889 g/mol. The average molecular weight is 957 g/mol. The molecule has 0 heteroatoms. The maximum Gasteiger partial charge on any atom is 0.0212 e. The summed E-state index contributed by atoms with van der Waals surface area (Å²) >= 11 is 0. The normalized spacial score (nSPS) is 17.0. The highest BCUT2D eigenvalue weighted by atomic mass is 14.5. The van der Waals surface area contributed by atoms with Crippen LogP contribution in [-0.4, -0.2) is 0 Å². The third-order valence-electron chi connectivity index (χ3n) is 17.1. The molecule has 0 fully saturated rings. The quantitative estimate of drug-likeness (QED) is 0.154. The summed E-state index contributed by atoms with van der Waals surface area (Å²) in [5.41, 5.74) is 27.2. The van der Waals surface area contributed by atoms with Gasteiger partial charge in [-0.3, -0.25) is 0 Å². The van der Waals surface area contributed by atoms with Gasteiger partial charge >= 0.3 is 0 Å². The highest BCUT2D eigenvalue weighted by Gasteiger charge is 2.49. The van der Waals surface area contributed by atoms with Crippen molar-refractivity contribution in [1.82, 2.24) is 0 Å². The Balaban J connectivity index is 1.07. The van der Waals surface area contributed by atoms with Crippen molar-refractivity contribution >= 4 is 54.6 Å². The molecule has 74 heavy (non-hydrogen) atoms. The van der Waals surface area contributed by atoms with E-state index in [4.69, 9.17) is 0 Å². The molecule has 4 aliphatic carbocycles. The molecule has 13 rings (SSSR count). The summed E-state index contributed by atoms with van der Waals surface area (Å²) in [6.07, 6.45) is 10.1. The lowest BCUT2D eigenvalue weighted by Gasteiger charge is -2.31. The number of hydrogen-bond donors (Lipinski definition) is 0. The van der Waals surface area contributed by atoms with Crippen molar-refractivity contribution in [3.8, 4) is 44.5 Å². The number of fused-ring (bicyclic) bond motifs is 9. The van der Waals surface area contributed by atoms with E-state index in [1.807, 2.05) is 0 Å². The summed E-state index contributed by atoms with van der Waals surface area (Å²) in [6, 6.07) is 61.0. The zero-order valence-corrected chi connectivity index (χ0v) is 45.5. The summed E-state index contributed by atoms with van der Waals surface area (Å²) in [5, 5.41) is 7.77. The average Bonchev–Trinajstić information content (AvgIpc) is 3.91. The van der Waals surface area contributed by atoms with Crippen molar-refractivity contribution in [2.45, 2.75) is 105 Å². The van der Waals surface area contributed by atoms with Crippen LogP contribution in [0.2, 0.25) is 0 Å². The first-order valence-corrected chi connectivity index (χ1v) is 27.1. The van der Waals surface area contributed by atoms with Crippen LogP contribution >= 0.6 is 0 Å². The minimum Gasteiger partial charge on any atom is -0.0622 e. The summed E-state index contributed by atoms with van der Waals surface area (Å²) in [6.45, 7) is 28.4. The second kappa shape index (κ2) is 16.1. The molecule has 0 radical (unpaired) electrons. The molecule has 9 aromatic carbocycles. The Morgan fingerprint density at radius 2 is 0.554 bits per heavy atom. The van der Waals surface area contributed by atoms with Crippen molar-refractivity contribution in [2.24, 2.45) is 11.8 Å². The maximum absolute atomic E-state index is 2.54. The van der Waals surface area contributed by atoms with E-state index in [1.54, 1.807) is 0 Å². The van der Waals surface area contributed by atoms with E-state index in [0.29, 0.717) is 0 Å². The molecule has 0 aliphatic heterocycles. The summed E-state index contributed by atoms with van der Waals surface area (Å²) in [7, 11) is 0. The van der Waals surface area contributed by atoms with Gasteiger partial charge in [0.25, 0.3) is 0 Å². The third-order valence-corrected chi connectivity index (χ3v) is 17.1. The lowest BCUT2D eigenvalue weighted by molar-refractivity contribution is 0.568. The molecule has 0 aromatic heterocycles. The molecule has 0 heterocycles. The van der Waals surface area contributed by atoms with E-state index in [1.165, 1.54) is 144 Å². The van der Waals surface area contributed by atoms with Crippen molar-refractivity contribution in [3.63, 3.8) is 0 Å². The number of allylic oxidation sites excluding steroid dienone is 8. The van der Waals surface area contributed by atoms with Crippen LogP contribution in [0.3, 0.4) is 0 Å². The van der Waals surface area contributed by atoms with Gasteiger partial charge in [-0.25, -0.2) is 0 Å². The van der Waals surface area contributed by atoms with E-state index >= 15 is 0 Å². The summed E-state index contributed by atoms with van der Waals surface area (Å²) in [5.74, 6) is 0.412. The molecule has 4 aliphatic rings. The Morgan fingerprint density at radius 3 is 0.892 bits per heavy atom. The smallest absolute Gasteiger partial charge is 0.0212 e. The Hall–Kier alpha value is -7.28. The lowest BCUT2D eigenvalue weighted by Crippen LogP contribution is -2.18. The molecule has 0 atom stereocenters. The first kappa shape index (κ1) is 46.5. The minimum atomic E-state index is -0.0257. The minimum absolute atomic E-state index is 0.0257. The van der Waals surface area contributed by atoms with Crippen LogP contribution in [-0.2, 0) is 21.7 Å². The molecule has 0 unspecified atom stereocenters. The number of rotatable bonds is 4. The fraction of sp³-hybridized carbons (Fsp3) is 0.243. The van der Waals surface area contributed by atoms with Crippen LogP contribution in [0.4, 0.5) is 0 Å². The molecule has 0 amide bonds. The Morgan fingerprint density at radius 1 is 0.257 bits per heavy atom. The van der Waals surface area contributed by atoms with Crippen LogP contribution < -0.4 is 0 Å². The van der Waals surface area contributed by atoms with Gasteiger partial charge in [0.1, 0.15) is 0 Å². The molecule has 0 spiro atoms. The van der Waals surface area contributed by atoms with Gasteiger partial charge in [-0.15, -0.1) is 0 Å². The third kappa shape index (κ3) is 7.30. The topological polar surface area (TPSA) is 0 Å². The van der Waals surface area contributed by atoms with Gasteiger partial charge in [0.2, 0.25) is 0 Å². The second-order valence-corrected chi connectivity index (χ2v) is 26.2. The Kier molecular flexibility index (Phi) is 10.1. The SMILES string of the molecule is CC(C)(C)c1cc(-c2c3c(c(-c4cc(C(C)(C)C)cc(C(C)(C)C)c4)c4ccccc24)C2=CC=C4c5cc6cc7cc(-c8ccccc8)c(-c8ccccc8)cc7cc6cc5C5=CC=C3C2C54)cc(C(C)(C)C)c1. The van der Waals surface area contributed by atoms with E-state index in [0.717, 1.165) is 0 Å². The lowest BCUT2D eigenvalue weighted by atomic mass is 9.71. The summed E-state index contributed by atoms with van der Waals surface area (Å²) < 4.78 is 0. The van der Waals surface area contributed by atoms with Crippen LogP contribution in [0.5, 0.6) is 0 Å². The zero-order valence-electron chi connectivity index (χ0n) is 45.5. The first-order valence-electron chi connectivity index (χ1n) is 27.1. The van der Waals surface area contributed by atoms with Gasteiger partial charge in [-0.2, -0.15) is 0 Å². The summed E-state index contributed by atoms with van der Waals surface area (Å²) in [4.78, 5) is 0. The molecule has 0 nitrogen and oxygen atoms in total. The molecule has 0 saturated carbocycles. The number of benzene rings is 9. The first-order chi connectivity index (χ1) is 35.2. The molecule has 364 valence electrons. The molecule has 0 bridgehead atoms. The second-order valence-electron chi connectivity index (χ2n) is 26.2. The van der Waals surface area contributed by atoms with Gasteiger partial charge in [0.15, 0.2) is 0 Å². The highest BCUT2D eigenvalue weighted by molar-refractivity contribution is 6.21. The van der Waals surface area contributed by atoms with Crippen LogP contribution in [0.25, 0.3) is 99.1 Å². The predicted octanol–water partition coefficient (Wildman–Crippen LogP) is 20.5. The fourth-order valence-electron chi connectivity index (χ4n) is 13.0. The van der Waals surface area contributed by atoms with Crippen molar-refractivity contribution < 1.29 is 0 Å². The van der Waals surface area contributed by atoms with Gasteiger partial charge in [0, 0.05) is 11.8 Å². The largest absolute Gasteiger partial charge is 0.0622 e. The monoisotopic (exact) mass is 957 g/mol. The molecule has 9 aromatic rings. The van der Waals surface area contributed by atoms with Crippen LogP contribution in [0, 0.1) is 11.8 Å². The standard InChI is InChI=1S/C74H68/c1-71(2,3)51-33-49(34-52(41-51)72(4,5)6)65-55-25-19-20-26-56(55)66(50-35-53(73(7,8)9)42-54(36-50)74(10,11)12)70-60-30-28-58-64-40-48-32-46-38-62(44-23-17-14-18-24-44)61(43-21-15-13-16-22-43)37-45(46)31-47(48)39-63(64)57-27-29-59(69(65)70)68(60)67(57)58/h13-42,67-68H,1-12H3. The van der Waals surface area contributed by atoms with Gasteiger partial charge in [-0.1, -0.05) is 229 Å². The molecule has 0 saturated heterocycles. The van der Waals surface area contributed by atoms with Gasteiger partial charge in [0.05, 0.1) is 0 Å². The molecular formula is C74H68. The predicted molar refractivity (Wildman–Crippen MR) is 321 cm³/mol. The van der Waals surface area contributed by atoms with Gasteiger partial charge in [-0.05, 0) is 202 Å². The van der Waals surface area contributed by atoms with E-state index in [-0.39, 0.29) is 33.5 Å². The van der Waals surface area contributed by atoms with E-state index < -0.39 is 0 Å². The Labute approximate surface area is 439 Å². The highest BCUT2D eigenvalue weighted by Crippen LogP contribution is 2.66. The molecule has 0 N–H and O–H groups in total. The Bertz CT molecular complexity index is 3680.